The SMILES string of the molecule is CC(=O)ON1CCN(c2ncc(C=O)cc2F)CC1. The zero-order valence-electron chi connectivity index (χ0n) is 10.5. The molecule has 1 aromatic heterocycles. The van der Waals surface area contributed by atoms with Crippen LogP contribution in [0.2, 0.25) is 0 Å². The maximum Gasteiger partial charge on any atom is 0.322 e. The predicted octanol–water partition coefficient (Wildman–Crippen LogP) is 0.633. The van der Waals surface area contributed by atoms with Gasteiger partial charge in [-0.05, 0) is 6.07 Å². The summed E-state index contributed by atoms with van der Waals surface area (Å²) in [6, 6.07) is 1.16. The zero-order valence-corrected chi connectivity index (χ0v) is 10.5. The Labute approximate surface area is 109 Å². The number of nitrogens with zero attached hydrogens (tertiary/aromatic N) is 3. The minimum absolute atomic E-state index is 0.208. The monoisotopic (exact) mass is 267 g/mol. The van der Waals surface area contributed by atoms with Gasteiger partial charge in [-0.25, -0.2) is 9.37 Å². The average Bonchev–Trinajstić information content (AvgIpc) is 2.39. The number of halogens is 1. The third-order valence-corrected chi connectivity index (χ3v) is 2.77. The van der Waals surface area contributed by atoms with Gasteiger partial charge in [0.1, 0.15) is 0 Å². The van der Waals surface area contributed by atoms with Crippen molar-refractivity contribution in [3.05, 3.63) is 23.6 Å². The topological polar surface area (TPSA) is 62.7 Å². The number of rotatable bonds is 3. The molecular weight excluding hydrogens is 253 g/mol. The Bertz CT molecular complexity index is 487. The number of anilines is 1. The molecule has 1 aliphatic heterocycles. The van der Waals surface area contributed by atoms with Gasteiger partial charge in [-0.3, -0.25) is 9.59 Å². The van der Waals surface area contributed by atoms with Crippen LogP contribution in [0.4, 0.5) is 10.2 Å². The van der Waals surface area contributed by atoms with Gasteiger partial charge in [0.25, 0.3) is 0 Å². The summed E-state index contributed by atoms with van der Waals surface area (Å²) in [5.74, 6) is -0.674. The normalized spacial score (nSPS) is 16.2. The van der Waals surface area contributed by atoms with Gasteiger partial charge in [-0.15, -0.1) is 5.06 Å². The fourth-order valence-corrected chi connectivity index (χ4v) is 1.92. The summed E-state index contributed by atoms with van der Waals surface area (Å²) < 4.78 is 13.8. The zero-order chi connectivity index (χ0) is 13.8. The Kier molecular flexibility index (Phi) is 4.06. The highest BCUT2D eigenvalue weighted by molar-refractivity contribution is 5.74. The largest absolute Gasteiger partial charge is 0.368 e. The third kappa shape index (κ3) is 3.25. The molecule has 102 valence electrons. The van der Waals surface area contributed by atoms with E-state index in [0.29, 0.717) is 32.5 Å². The van der Waals surface area contributed by atoms with E-state index in [1.807, 2.05) is 0 Å². The maximum atomic E-state index is 13.8. The second-order valence-electron chi connectivity index (χ2n) is 4.19. The van der Waals surface area contributed by atoms with Crippen LogP contribution in [-0.2, 0) is 9.63 Å². The van der Waals surface area contributed by atoms with Crippen LogP contribution in [-0.4, -0.2) is 48.5 Å². The Morgan fingerprint density at radius 1 is 1.42 bits per heavy atom. The highest BCUT2D eigenvalue weighted by Crippen LogP contribution is 2.18. The molecule has 2 heterocycles. The number of carbonyl (C=O) groups is 2. The fourth-order valence-electron chi connectivity index (χ4n) is 1.92. The van der Waals surface area contributed by atoms with E-state index in [1.54, 1.807) is 4.90 Å². The second kappa shape index (κ2) is 5.75. The number of hydrogen-bond acceptors (Lipinski definition) is 6. The highest BCUT2D eigenvalue weighted by Gasteiger charge is 2.22. The van der Waals surface area contributed by atoms with Crippen molar-refractivity contribution in [1.82, 2.24) is 10.0 Å². The molecule has 19 heavy (non-hydrogen) atoms. The first-order valence-electron chi connectivity index (χ1n) is 5.89. The van der Waals surface area contributed by atoms with Gasteiger partial charge in [0.05, 0.1) is 13.1 Å². The summed E-state index contributed by atoms with van der Waals surface area (Å²) >= 11 is 0. The number of carbonyl (C=O) groups excluding carboxylic acids is 2. The van der Waals surface area contributed by atoms with Gasteiger partial charge in [0, 0.05) is 31.8 Å². The molecule has 0 N–H and O–H groups in total. The van der Waals surface area contributed by atoms with Crippen LogP contribution in [0.5, 0.6) is 0 Å². The standard InChI is InChI=1S/C12H14FN3O3/c1-9(18)19-16-4-2-15(3-5-16)12-11(13)6-10(8-17)7-14-12/h6-8H,2-5H2,1H3. The number of pyridine rings is 1. The molecule has 0 aliphatic carbocycles. The number of aldehydes is 1. The van der Waals surface area contributed by atoms with Gasteiger partial charge in [0.15, 0.2) is 17.9 Å². The van der Waals surface area contributed by atoms with Crippen LogP contribution in [0.3, 0.4) is 0 Å². The van der Waals surface area contributed by atoms with E-state index >= 15 is 0 Å². The van der Waals surface area contributed by atoms with Crippen molar-refractivity contribution in [2.75, 3.05) is 31.1 Å². The average molecular weight is 267 g/mol. The lowest BCUT2D eigenvalue weighted by Gasteiger charge is -2.33. The van der Waals surface area contributed by atoms with Gasteiger partial charge in [0.2, 0.25) is 0 Å². The molecule has 0 spiro atoms. The first-order chi connectivity index (χ1) is 9.10. The van der Waals surface area contributed by atoms with Crippen molar-refractivity contribution in [2.24, 2.45) is 0 Å². The van der Waals surface area contributed by atoms with E-state index in [4.69, 9.17) is 4.84 Å². The van der Waals surface area contributed by atoms with Crippen LogP contribution in [0, 0.1) is 5.82 Å². The van der Waals surface area contributed by atoms with Crippen molar-refractivity contribution in [3.63, 3.8) is 0 Å². The first kappa shape index (κ1) is 13.4. The van der Waals surface area contributed by atoms with Crippen molar-refractivity contribution >= 4 is 18.1 Å². The van der Waals surface area contributed by atoms with Crippen molar-refractivity contribution < 1.29 is 18.8 Å². The Hall–Kier alpha value is -2.02. The minimum atomic E-state index is -0.523. The van der Waals surface area contributed by atoms with Crippen LogP contribution >= 0.6 is 0 Å². The molecule has 7 heteroatoms. The highest BCUT2D eigenvalue weighted by atomic mass is 19.1. The summed E-state index contributed by atoms with van der Waals surface area (Å²) in [5, 5.41) is 1.54. The molecule has 0 bridgehead atoms. The summed E-state index contributed by atoms with van der Waals surface area (Å²) in [7, 11) is 0. The predicted molar refractivity (Wildman–Crippen MR) is 65.1 cm³/mol. The van der Waals surface area contributed by atoms with Crippen molar-refractivity contribution in [2.45, 2.75) is 6.92 Å². The van der Waals surface area contributed by atoms with Crippen LogP contribution in [0.25, 0.3) is 0 Å². The molecule has 1 aliphatic rings. The molecule has 1 saturated heterocycles. The third-order valence-electron chi connectivity index (χ3n) is 2.77. The Morgan fingerprint density at radius 3 is 2.63 bits per heavy atom. The summed E-state index contributed by atoms with van der Waals surface area (Å²) in [5.41, 5.74) is 0.208. The van der Waals surface area contributed by atoms with Crippen LogP contribution in [0.15, 0.2) is 12.3 Å². The van der Waals surface area contributed by atoms with Gasteiger partial charge in [-0.2, -0.15) is 0 Å². The molecule has 6 nitrogen and oxygen atoms in total. The molecule has 0 amide bonds. The smallest absolute Gasteiger partial charge is 0.322 e. The van der Waals surface area contributed by atoms with E-state index in [1.165, 1.54) is 18.2 Å². The van der Waals surface area contributed by atoms with E-state index < -0.39 is 5.82 Å². The lowest BCUT2D eigenvalue weighted by molar-refractivity contribution is -0.188. The summed E-state index contributed by atoms with van der Waals surface area (Å²) in [6.07, 6.45) is 1.89. The molecule has 0 saturated carbocycles. The molecule has 1 fully saturated rings. The van der Waals surface area contributed by atoms with Gasteiger partial charge in [-0.1, -0.05) is 0 Å². The lowest BCUT2D eigenvalue weighted by Crippen LogP contribution is -2.47. The van der Waals surface area contributed by atoms with Gasteiger partial charge < -0.3 is 9.74 Å². The Balaban J connectivity index is 2.01. The summed E-state index contributed by atoms with van der Waals surface area (Å²) in [6.45, 7) is 3.30. The molecule has 1 aromatic rings. The van der Waals surface area contributed by atoms with E-state index in [9.17, 15) is 14.0 Å². The maximum absolute atomic E-state index is 13.8. The van der Waals surface area contributed by atoms with E-state index in [2.05, 4.69) is 4.98 Å². The van der Waals surface area contributed by atoms with E-state index in [0.717, 1.165) is 6.07 Å². The molecule has 0 aromatic carbocycles. The molecule has 0 radical (unpaired) electrons. The molecule has 0 atom stereocenters. The Morgan fingerprint density at radius 2 is 2.11 bits per heavy atom. The lowest BCUT2D eigenvalue weighted by atomic mass is 10.2. The van der Waals surface area contributed by atoms with Crippen molar-refractivity contribution in [3.8, 4) is 0 Å². The van der Waals surface area contributed by atoms with Crippen LogP contribution in [0.1, 0.15) is 17.3 Å². The second-order valence-corrected chi connectivity index (χ2v) is 4.19. The van der Waals surface area contributed by atoms with Crippen molar-refractivity contribution in [1.29, 1.82) is 0 Å². The quantitative estimate of drug-likeness (QED) is 0.749. The number of hydrogen-bond donors (Lipinski definition) is 0. The van der Waals surface area contributed by atoms with Gasteiger partial charge >= 0.3 is 5.97 Å². The minimum Gasteiger partial charge on any atom is -0.368 e. The first-order valence-corrected chi connectivity index (χ1v) is 5.89. The molecule has 0 unspecified atom stereocenters. The molecule has 2 rings (SSSR count). The molecular formula is C12H14FN3O3. The summed E-state index contributed by atoms with van der Waals surface area (Å²) in [4.78, 5) is 32.0. The number of hydroxylamine groups is 2. The van der Waals surface area contributed by atoms with Crippen LogP contribution < -0.4 is 4.90 Å². The van der Waals surface area contributed by atoms with E-state index in [-0.39, 0.29) is 17.4 Å². The fraction of sp³-hybridized carbons (Fsp3) is 0.417. The number of piperazine rings is 1. The number of aromatic nitrogens is 1.